The molecule has 0 atom stereocenters. The molecule has 1 heteroatoms. The van der Waals surface area contributed by atoms with Crippen LogP contribution in [0.4, 0.5) is 0 Å². The molecule has 2 aliphatic carbocycles. The summed E-state index contributed by atoms with van der Waals surface area (Å²) < 4.78 is 5.64. The van der Waals surface area contributed by atoms with Gasteiger partial charge in [-0.05, 0) is 77.8 Å². The summed E-state index contributed by atoms with van der Waals surface area (Å²) in [7, 11) is 1.75. The van der Waals surface area contributed by atoms with Crippen molar-refractivity contribution in [2.24, 2.45) is 0 Å². The maximum absolute atomic E-state index is 5.64. The van der Waals surface area contributed by atoms with Gasteiger partial charge in [0.05, 0.1) is 12.5 Å². The van der Waals surface area contributed by atoms with E-state index in [1.807, 2.05) is 0 Å². The number of rotatable bonds is 1. The quantitative estimate of drug-likeness (QED) is 0.246. The van der Waals surface area contributed by atoms with Gasteiger partial charge in [-0.15, -0.1) is 0 Å². The Morgan fingerprint density at radius 2 is 1.03 bits per heavy atom. The van der Waals surface area contributed by atoms with Gasteiger partial charge in [-0.2, -0.15) is 0 Å². The van der Waals surface area contributed by atoms with E-state index in [-0.39, 0.29) is 5.41 Å². The number of benzene rings is 6. The highest BCUT2D eigenvalue weighted by atomic mass is 16.5. The van der Waals surface area contributed by atoms with Gasteiger partial charge in [0, 0.05) is 0 Å². The summed E-state index contributed by atoms with van der Waals surface area (Å²) >= 11 is 0. The topological polar surface area (TPSA) is 9.23 Å². The fraction of sp³-hybridized carbons (Fsp3) is 0.0625. The van der Waals surface area contributed by atoms with Crippen LogP contribution >= 0.6 is 0 Å². The van der Waals surface area contributed by atoms with Crippen molar-refractivity contribution in [2.75, 3.05) is 7.11 Å². The van der Waals surface area contributed by atoms with Gasteiger partial charge < -0.3 is 4.74 Å². The predicted molar refractivity (Wildman–Crippen MR) is 136 cm³/mol. The molecule has 0 aliphatic heterocycles. The molecule has 154 valence electrons. The first-order valence-corrected chi connectivity index (χ1v) is 11.5. The van der Waals surface area contributed by atoms with Crippen LogP contribution in [0.5, 0.6) is 5.75 Å². The lowest BCUT2D eigenvalue weighted by Crippen LogP contribution is -2.26. The minimum Gasteiger partial charge on any atom is -0.497 e. The van der Waals surface area contributed by atoms with E-state index < -0.39 is 0 Å². The summed E-state index contributed by atoms with van der Waals surface area (Å²) in [6.07, 6.45) is 0. The summed E-state index contributed by atoms with van der Waals surface area (Å²) in [4.78, 5) is 0. The zero-order valence-corrected chi connectivity index (χ0v) is 18.2. The molecule has 0 N–H and O–H groups in total. The molecule has 8 rings (SSSR count). The Hall–Kier alpha value is -4.10. The van der Waals surface area contributed by atoms with Crippen LogP contribution in [-0.2, 0) is 5.41 Å². The summed E-state index contributed by atoms with van der Waals surface area (Å²) in [5, 5.41) is 8.16. The van der Waals surface area contributed by atoms with E-state index in [0.717, 1.165) is 5.75 Å². The monoisotopic (exact) mass is 420 g/mol. The van der Waals surface area contributed by atoms with E-state index in [1.165, 1.54) is 65.7 Å². The Morgan fingerprint density at radius 3 is 1.70 bits per heavy atom. The van der Waals surface area contributed by atoms with Crippen LogP contribution in [-0.4, -0.2) is 7.11 Å². The fourth-order valence-corrected chi connectivity index (χ4v) is 6.79. The molecule has 0 unspecified atom stereocenters. The van der Waals surface area contributed by atoms with Gasteiger partial charge in [0.1, 0.15) is 5.75 Å². The molecule has 0 fully saturated rings. The molecule has 0 bridgehead atoms. The Kier molecular flexibility index (Phi) is 3.08. The summed E-state index contributed by atoms with van der Waals surface area (Å²) in [5.74, 6) is 0.901. The lowest BCUT2D eigenvalue weighted by atomic mass is 9.70. The third-order valence-corrected chi connectivity index (χ3v) is 7.95. The first-order valence-electron chi connectivity index (χ1n) is 11.5. The Bertz CT molecular complexity index is 1730. The molecule has 0 saturated heterocycles. The third-order valence-electron chi connectivity index (χ3n) is 7.95. The van der Waals surface area contributed by atoms with Gasteiger partial charge in [0.25, 0.3) is 0 Å². The van der Waals surface area contributed by atoms with Crippen LogP contribution in [0, 0.1) is 0 Å². The van der Waals surface area contributed by atoms with Crippen molar-refractivity contribution in [3.63, 3.8) is 0 Å². The molecule has 0 aromatic heterocycles. The highest BCUT2D eigenvalue weighted by Gasteiger charge is 2.50. The average molecular weight is 421 g/mol. The van der Waals surface area contributed by atoms with E-state index in [4.69, 9.17) is 4.74 Å². The molecule has 1 spiro atoms. The number of hydrogen-bond acceptors (Lipinski definition) is 1. The van der Waals surface area contributed by atoms with E-state index in [1.54, 1.807) is 7.11 Å². The Labute approximate surface area is 191 Å². The second-order valence-corrected chi connectivity index (χ2v) is 9.21. The van der Waals surface area contributed by atoms with E-state index in [2.05, 4.69) is 103 Å². The number of hydrogen-bond donors (Lipinski definition) is 0. The smallest absolute Gasteiger partial charge is 0.119 e. The molecule has 0 radical (unpaired) electrons. The highest BCUT2D eigenvalue weighted by molar-refractivity contribution is 6.29. The summed E-state index contributed by atoms with van der Waals surface area (Å²) in [5.41, 5.74) is 7.78. The zero-order valence-electron chi connectivity index (χ0n) is 18.2. The molecule has 6 aromatic rings. The van der Waals surface area contributed by atoms with Crippen molar-refractivity contribution in [2.45, 2.75) is 5.41 Å². The first-order chi connectivity index (χ1) is 16.3. The highest BCUT2D eigenvalue weighted by Crippen LogP contribution is 2.63. The Morgan fingerprint density at radius 1 is 0.485 bits per heavy atom. The van der Waals surface area contributed by atoms with Crippen LogP contribution in [0.3, 0.4) is 0 Å². The van der Waals surface area contributed by atoms with Gasteiger partial charge in [0.15, 0.2) is 0 Å². The van der Waals surface area contributed by atoms with Crippen molar-refractivity contribution < 1.29 is 4.74 Å². The largest absolute Gasteiger partial charge is 0.497 e. The van der Waals surface area contributed by atoms with E-state index >= 15 is 0 Å². The molecule has 6 aromatic carbocycles. The van der Waals surface area contributed by atoms with Crippen LogP contribution in [0.25, 0.3) is 43.4 Å². The van der Waals surface area contributed by atoms with E-state index in [0.29, 0.717) is 0 Å². The first kappa shape index (κ1) is 17.5. The molecule has 33 heavy (non-hydrogen) atoms. The zero-order chi connectivity index (χ0) is 21.7. The number of fused-ring (bicyclic) bond motifs is 10. The third kappa shape index (κ3) is 1.84. The standard InChI is InChI=1S/C32H20O/c1-33-19-16-17-27-25(18-19)22-10-4-5-13-26(22)32(27)28-14-6-11-23-20-8-2-3-9-21(20)24-12-7-15-29(32)31(24)30(23)28/h2-18H,1H3. The molecular formula is C32H20O. The van der Waals surface area contributed by atoms with Gasteiger partial charge in [-0.3, -0.25) is 0 Å². The van der Waals surface area contributed by atoms with Crippen LogP contribution in [0.1, 0.15) is 22.3 Å². The summed E-state index contributed by atoms with van der Waals surface area (Å²) in [6.45, 7) is 0. The maximum Gasteiger partial charge on any atom is 0.119 e. The minimum atomic E-state index is -0.309. The Balaban J connectivity index is 1.67. The van der Waals surface area contributed by atoms with Crippen molar-refractivity contribution in [3.05, 3.63) is 125 Å². The van der Waals surface area contributed by atoms with Crippen molar-refractivity contribution in [3.8, 4) is 16.9 Å². The molecule has 0 amide bonds. The second kappa shape index (κ2) is 5.82. The van der Waals surface area contributed by atoms with Gasteiger partial charge in [-0.25, -0.2) is 0 Å². The van der Waals surface area contributed by atoms with Crippen molar-refractivity contribution >= 4 is 32.3 Å². The fourth-order valence-electron chi connectivity index (χ4n) is 6.79. The van der Waals surface area contributed by atoms with Crippen molar-refractivity contribution in [1.82, 2.24) is 0 Å². The number of methoxy groups -OCH3 is 1. The van der Waals surface area contributed by atoms with Crippen molar-refractivity contribution in [1.29, 1.82) is 0 Å². The van der Waals surface area contributed by atoms with Gasteiger partial charge in [-0.1, -0.05) is 91.0 Å². The number of ether oxygens (including phenoxy) is 1. The predicted octanol–water partition coefficient (Wildman–Crippen LogP) is 7.83. The van der Waals surface area contributed by atoms with Gasteiger partial charge >= 0.3 is 0 Å². The average Bonchev–Trinajstić information content (AvgIpc) is 3.35. The van der Waals surface area contributed by atoms with E-state index in [9.17, 15) is 0 Å². The normalized spacial score (nSPS) is 14.5. The molecule has 0 saturated carbocycles. The molecule has 0 heterocycles. The lowest BCUT2D eigenvalue weighted by molar-refractivity contribution is 0.415. The lowest BCUT2D eigenvalue weighted by Gasteiger charge is -2.30. The van der Waals surface area contributed by atoms with Gasteiger partial charge in [0.2, 0.25) is 0 Å². The molecule has 2 aliphatic rings. The van der Waals surface area contributed by atoms with Crippen LogP contribution in [0.2, 0.25) is 0 Å². The van der Waals surface area contributed by atoms with Crippen LogP contribution < -0.4 is 4.74 Å². The SMILES string of the molecule is COc1ccc2c(c1)-c1ccccc1C21c2cccc3c4ccccc4c4cccc1c4c23. The maximum atomic E-state index is 5.64. The minimum absolute atomic E-state index is 0.309. The molecule has 1 nitrogen and oxygen atoms in total. The summed E-state index contributed by atoms with van der Waals surface area (Å²) in [6, 6.07) is 38.2. The second-order valence-electron chi connectivity index (χ2n) is 9.21. The van der Waals surface area contributed by atoms with Crippen LogP contribution in [0.15, 0.2) is 103 Å². The molecular weight excluding hydrogens is 400 g/mol.